The molecule has 1 saturated heterocycles. The second-order valence-electron chi connectivity index (χ2n) is 5.96. The van der Waals surface area contributed by atoms with E-state index in [4.69, 9.17) is 5.84 Å². The van der Waals surface area contributed by atoms with Crippen molar-refractivity contribution in [2.45, 2.75) is 38.6 Å². The lowest BCUT2D eigenvalue weighted by molar-refractivity contribution is 0.257. The Balaban J connectivity index is 2.32. The van der Waals surface area contributed by atoms with E-state index in [2.05, 4.69) is 53.1 Å². The molecule has 112 valence electrons. The van der Waals surface area contributed by atoms with Gasteiger partial charge < -0.3 is 15.2 Å². The van der Waals surface area contributed by atoms with E-state index in [0.29, 0.717) is 12.0 Å². The van der Waals surface area contributed by atoms with Crippen LogP contribution in [-0.2, 0) is 0 Å². The van der Waals surface area contributed by atoms with Crippen molar-refractivity contribution >= 4 is 11.6 Å². The number of hydrazine groups is 1. The zero-order chi connectivity index (χ0) is 14.7. The van der Waals surface area contributed by atoms with E-state index in [1.165, 1.54) is 12.8 Å². The van der Waals surface area contributed by atoms with Crippen LogP contribution in [-0.4, -0.2) is 48.1 Å². The van der Waals surface area contributed by atoms with E-state index in [0.717, 1.165) is 30.3 Å². The van der Waals surface area contributed by atoms with Crippen molar-refractivity contribution < 1.29 is 0 Å². The number of hydrogen-bond acceptors (Lipinski definition) is 6. The number of likely N-dealkylation sites (N-methyl/N-ethyl adjacent to an activating group) is 1. The van der Waals surface area contributed by atoms with Gasteiger partial charge in [-0.3, -0.25) is 0 Å². The smallest absolute Gasteiger partial charge is 0.148 e. The lowest BCUT2D eigenvalue weighted by Crippen LogP contribution is -2.45. The molecule has 1 unspecified atom stereocenters. The van der Waals surface area contributed by atoms with Gasteiger partial charge in [-0.2, -0.15) is 0 Å². The summed E-state index contributed by atoms with van der Waals surface area (Å²) in [7, 11) is 4.29. The first-order valence-corrected chi connectivity index (χ1v) is 7.27. The molecule has 1 aliphatic rings. The lowest BCUT2D eigenvalue weighted by atomic mass is 10.0. The molecule has 0 amide bonds. The van der Waals surface area contributed by atoms with Gasteiger partial charge in [0.05, 0.1) is 0 Å². The zero-order valence-electron chi connectivity index (χ0n) is 12.9. The van der Waals surface area contributed by atoms with Gasteiger partial charge in [-0.15, -0.1) is 0 Å². The summed E-state index contributed by atoms with van der Waals surface area (Å²) in [4.78, 5) is 13.4. The van der Waals surface area contributed by atoms with Crippen LogP contribution < -0.4 is 16.2 Å². The topological polar surface area (TPSA) is 70.3 Å². The third-order valence-electron chi connectivity index (χ3n) is 4.00. The number of nitrogen functional groups attached to an aromatic ring is 1. The van der Waals surface area contributed by atoms with Gasteiger partial charge in [0.15, 0.2) is 0 Å². The van der Waals surface area contributed by atoms with Crippen LogP contribution in [0.5, 0.6) is 0 Å². The maximum atomic E-state index is 5.60. The molecule has 0 saturated carbocycles. The summed E-state index contributed by atoms with van der Waals surface area (Å²) in [5.41, 5.74) is 3.81. The first-order valence-electron chi connectivity index (χ1n) is 7.27. The highest BCUT2D eigenvalue weighted by molar-refractivity contribution is 5.60. The van der Waals surface area contributed by atoms with E-state index < -0.39 is 0 Å². The second-order valence-corrected chi connectivity index (χ2v) is 5.96. The molecule has 2 rings (SSSR count). The third kappa shape index (κ3) is 3.02. The Labute approximate surface area is 121 Å². The minimum atomic E-state index is 0.331. The van der Waals surface area contributed by atoms with Crippen molar-refractivity contribution in [2.75, 3.05) is 37.5 Å². The minimum Gasteiger partial charge on any atom is -0.355 e. The normalized spacial score (nSPS) is 19.8. The molecule has 6 nitrogen and oxygen atoms in total. The number of rotatable bonds is 4. The Kier molecular flexibility index (Phi) is 4.77. The highest BCUT2D eigenvalue weighted by Crippen LogP contribution is 2.32. The van der Waals surface area contributed by atoms with Crippen LogP contribution in [0, 0.1) is 0 Å². The van der Waals surface area contributed by atoms with Crippen molar-refractivity contribution in [1.82, 2.24) is 14.9 Å². The fourth-order valence-corrected chi connectivity index (χ4v) is 2.85. The van der Waals surface area contributed by atoms with Crippen LogP contribution in [0.2, 0.25) is 0 Å². The van der Waals surface area contributed by atoms with E-state index in [1.54, 1.807) is 6.33 Å². The quantitative estimate of drug-likeness (QED) is 0.641. The van der Waals surface area contributed by atoms with E-state index in [1.807, 2.05) is 0 Å². The van der Waals surface area contributed by atoms with Crippen LogP contribution in [0.3, 0.4) is 0 Å². The van der Waals surface area contributed by atoms with Crippen molar-refractivity contribution in [3.05, 3.63) is 11.9 Å². The van der Waals surface area contributed by atoms with E-state index in [9.17, 15) is 0 Å². The molecule has 20 heavy (non-hydrogen) atoms. The molecule has 1 fully saturated rings. The molecular formula is C14H26N6. The molecule has 0 bridgehead atoms. The molecule has 1 aliphatic heterocycles. The molecule has 1 aromatic rings. The fraction of sp³-hybridized carbons (Fsp3) is 0.714. The van der Waals surface area contributed by atoms with Gasteiger partial charge in [0.1, 0.15) is 18.0 Å². The Morgan fingerprint density at radius 1 is 1.40 bits per heavy atom. The van der Waals surface area contributed by atoms with Crippen LogP contribution in [0.25, 0.3) is 0 Å². The predicted octanol–water partition coefficient (Wildman–Crippen LogP) is 1.42. The van der Waals surface area contributed by atoms with Gasteiger partial charge in [0.25, 0.3) is 0 Å². The fourth-order valence-electron chi connectivity index (χ4n) is 2.85. The second kappa shape index (κ2) is 6.37. The summed E-state index contributed by atoms with van der Waals surface area (Å²) in [6.07, 6.45) is 4.03. The third-order valence-corrected chi connectivity index (χ3v) is 4.00. The standard InChI is InChI=1S/C14H26N6/c1-10(2)12-13(18-15)16-9-17-14(12)20-7-5-6-11(8-20)19(3)4/h9-11H,5-8,15H2,1-4H3,(H,16,17,18). The Bertz CT molecular complexity index is 445. The molecule has 6 heteroatoms. The Morgan fingerprint density at radius 2 is 2.15 bits per heavy atom. The molecular weight excluding hydrogens is 252 g/mol. The van der Waals surface area contributed by atoms with Crippen LogP contribution in [0.1, 0.15) is 38.2 Å². The summed E-state index contributed by atoms with van der Waals surface area (Å²) < 4.78 is 0. The predicted molar refractivity (Wildman–Crippen MR) is 82.9 cm³/mol. The maximum Gasteiger partial charge on any atom is 0.148 e. The molecule has 0 aromatic carbocycles. The highest BCUT2D eigenvalue weighted by atomic mass is 15.3. The number of hydrogen-bond donors (Lipinski definition) is 2. The summed E-state index contributed by atoms with van der Waals surface area (Å²) in [5, 5.41) is 0. The number of piperidine rings is 1. The van der Waals surface area contributed by atoms with Gasteiger partial charge in [-0.25, -0.2) is 15.8 Å². The first kappa shape index (κ1) is 15.0. The summed E-state index contributed by atoms with van der Waals surface area (Å²) in [6, 6.07) is 0.577. The highest BCUT2D eigenvalue weighted by Gasteiger charge is 2.26. The van der Waals surface area contributed by atoms with E-state index in [-0.39, 0.29) is 0 Å². The molecule has 0 aliphatic carbocycles. The number of nitrogens with two attached hydrogens (primary N) is 1. The average molecular weight is 278 g/mol. The summed E-state index contributed by atoms with van der Waals surface area (Å²) >= 11 is 0. The number of aromatic nitrogens is 2. The van der Waals surface area contributed by atoms with Crippen molar-refractivity contribution in [3.63, 3.8) is 0 Å². The molecule has 1 aromatic heterocycles. The summed E-state index contributed by atoms with van der Waals surface area (Å²) in [6.45, 7) is 6.35. The number of nitrogens with one attached hydrogen (secondary N) is 1. The maximum absolute atomic E-state index is 5.60. The SMILES string of the molecule is CC(C)c1c(NN)ncnc1N1CCCC(N(C)C)C1. The minimum absolute atomic E-state index is 0.331. The monoisotopic (exact) mass is 278 g/mol. The zero-order valence-corrected chi connectivity index (χ0v) is 12.9. The lowest BCUT2D eigenvalue weighted by Gasteiger charge is -2.38. The van der Waals surface area contributed by atoms with Crippen LogP contribution in [0.15, 0.2) is 6.33 Å². The van der Waals surface area contributed by atoms with Crippen LogP contribution in [0.4, 0.5) is 11.6 Å². The molecule has 0 radical (unpaired) electrons. The van der Waals surface area contributed by atoms with Crippen molar-refractivity contribution in [1.29, 1.82) is 0 Å². The first-order chi connectivity index (χ1) is 9.54. The molecule has 0 spiro atoms. The van der Waals surface area contributed by atoms with Gasteiger partial charge in [0.2, 0.25) is 0 Å². The van der Waals surface area contributed by atoms with Gasteiger partial charge in [0, 0.05) is 24.7 Å². The summed E-state index contributed by atoms with van der Waals surface area (Å²) in [5.74, 6) is 7.68. The van der Waals surface area contributed by atoms with Crippen LogP contribution >= 0.6 is 0 Å². The van der Waals surface area contributed by atoms with Gasteiger partial charge in [-0.1, -0.05) is 13.8 Å². The Morgan fingerprint density at radius 3 is 2.75 bits per heavy atom. The van der Waals surface area contributed by atoms with E-state index >= 15 is 0 Å². The molecule has 1 atom stereocenters. The largest absolute Gasteiger partial charge is 0.355 e. The van der Waals surface area contributed by atoms with Gasteiger partial charge >= 0.3 is 0 Å². The molecule has 2 heterocycles. The number of nitrogens with zero attached hydrogens (tertiary/aromatic N) is 4. The molecule has 3 N–H and O–H groups in total. The van der Waals surface area contributed by atoms with Crippen molar-refractivity contribution in [3.8, 4) is 0 Å². The van der Waals surface area contributed by atoms with Gasteiger partial charge in [-0.05, 0) is 32.9 Å². The average Bonchev–Trinajstić information content (AvgIpc) is 2.46. The van der Waals surface area contributed by atoms with Crippen molar-refractivity contribution in [2.24, 2.45) is 5.84 Å². The number of anilines is 2. The Hall–Kier alpha value is -1.40.